The van der Waals surface area contributed by atoms with Gasteiger partial charge < -0.3 is 4.74 Å². The minimum absolute atomic E-state index is 0.154. The van der Waals surface area contributed by atoms with Crippen LogP contribution in [0.25, 0.3) is 0 Å². The highest BCUT2D eigenvalue weighted by molar-refractivity contribution is 5.74. The van der Waals surface area contributed by atoms with Crippen molar-refractivity contribution in [2.24, 2.45) is 5.92 Å². The lowest BCUT2D eigenvalue weighted by molar-refractivity contribution is -0.167. The first-order valence-corrected chi connectivity index (χ1v) is 7.81. The van der Waals surface area contributed by atoms with Gasteiger partial charge in [-0.2, -0.15) is 5.06 Å². The number of carbonyl (C=O) groups is 1. The van der Waals surface area contributed by atoms with E-state index in [1.165, 1.54) is 7.11 Å². The quantitative estimate of drug-likeness (QED) is 0.812. The van der Waals surface area contributed by atoms with Gasteiger partial charge in [-0.25, -0.2) is 0 Å². The molecule has 2 aromatic rings. The fourth-order valence-corrected chi connectivity index (χ4v) is 3.16. The lowest BCUT2D eigenvalue weighted by atomic mass is 9.90. The third kappa shape index (κ3) is 3.28. The van der Waals surface area contributed by atoms with Gasteiger partial charge in [0.05, 0.1) is 19.3 Å². The number of ether oxygens (including phenoxy) is 1. The molecule has 0 spiro atoms. The molecule has 0 unspecified atom stereocenters. The van der Waals surface area contributed by atoms with E-state index < -0.39 is 0 Å². The van der Waals surface area contributed by atoms with Crippen LogP contribution in [0.15, 0.2) is 60.7 Å². The molecule has 1 fully saturated rings. The summed E-state index contributed by atoms with van der Waals surface area (Å²) in [5.74, 6) is -0.576. The zero-order valence-corrected chi connectivity index (χ0v) is 13.4. The Morgan fingerprint density at radius 3 is 2.30 bits per heavy atom. The number of rotatable bonds is 4. The molecule has 4 nitrogen and oxygen atoms in total. The highest BCUT2D eigenvalue weighted by atomic mass is 16.7. The van der Waals surface area contributed by atoms with Crippen molar-refractivity contribution in [3.05, 3.63) is 71.8 Å². The van der Waals surface area contributed by atoms with Gasteiger partial charge in [0.15, 0.2) is 0 Å². The predicted molar refractivity (Wildman–Crippen MR) is 87.2 cm³/mol. The minimum Gasteiger partial charge on any atom is -0.469 e. The molecule has 1 aliphatic heterocycles. The van der Waals surface area contributed by atoms with Gasteiger partial charge in [-0.05, 0) is 18.1 Å². The molecule has 3 rings (SSSR count). The first-order valence-electron chi connectivity index (χ1n) is 7.81. The molecule has 0 saturated carbocycles. The summed E-state index contributed by atoms with van der Waals surface area (Å²) >= 11 is 0. The first-order chi connectivity index (χ1) is 11.2. The van der Waals surface area contributed by atoms with Crippen LogP contribution in [0.4, 0.5) is 0 Å². The Morgan fingerprint density at radius 1 is 1.09 bits per heavy atom. The van der Waals surface area contributed by atoms with Gasteiger partial charge in [-0.15, -0.1) is 0 Å². The van der Waals surface area contributed by atoms with E-state index in [-0.39, 0.29) is 24.0 Å². The normalized spacial score (nSPS) is 24.5. The highest BCUT2D eigenvalue weighted by Crippen LogP contribution is 2.40. The maximum atomic E-state index is 12.3. The average Bonchev–Trinajstić information content (AvgIpc) is 2.91. The largest absolute Gasteiger partial charge is 0.469 e. The number of benzene rings is 2. The standard InChI is InChI=1S/C19H21NO3/c1-14-17(19(21)22-2)18(16-11-7-4-8-12-16)20(23-14)13-15-9-5-3-6-10-15/h3-12,14,17-18H,13H2,1-2H3/t14-,17-,18-/m1/s1. The van der Waals surface area contributed by atoms with E-state index in [1.807, 2.05) is 60.5 Å². The molecule has 0 amide bonds. The Morgan fingerprint density at radius 2 is 1.70 bits per heavy atom. The van der Waals surface area contributed by atoms with Crippen LogP contribution in [0.1, 0.15) is 24.1 Å². The third-order valence-electron chi connectivity index (χ3n) is 4.25. The molecule has 120 valence electrons. The van der Waals surface area contributed by atoms with Crippen LogP contribution in [-0.4, -0.2) is 24.2 Å². The van der Waals surface area contributed by atoms with Crippen LogP contribution in [0, 0.1) is 5.92 Å². The van der Waals surface area contributed by atoms with Crippen molar-refractivity contribution in [3.63, 3.8) is 0 Å². The second-order valence-corrected chi connectivity index (χ2v) is 5.78. The number of methoxy groups -OCH3 is 1. The summed E-state index contributed by atoms with van der Waals surface area (Å²) < 4.78 is 5.01. The van der Waals surface area contributed by atoms with Gasteiger partial charge in [0.25, 0.3) is 0 Å². The fourth-order valence-electron chi connectivity index (χ4n) is 3.16. The minimum atomic E-state index is -0.342. The van der Waals surface area contributed by atoms with E-state index in [4.69, 9.17) is 9.57 Å². The van der Waals surface area contributed by atoms with Crippen molar-refractivity contribution in [1.29, 1.82) is 0 Å². The predicted octanol–water partition coefficient (Wildman–Crippen LogP) is 3.35. The highest BCUT2D eigenvalue weighted by Gasteiger charge is 2.46. The fraction of sp³-hybridized carbons (Fsp3) is 0.316. The van der Waals surface area contributed by atoms with E-state index in [0.29, 0.717) is 6.54 Å². The van der Waals surface area contributed by atoms with Gasteiger partial charge in [-0.1, -0.05) is 60.7 Å². The lowest BCUT2D eigenvalue weighted by Gasteiger charge is -2.25. The third-order valence-corrected chi connectivity index (χ3v) is 4.25. The van der Waals surface area contributed by atoms with Crippen molar-refractivity contribution in [1.82, 2.24) is 5.06 Å². The van der Waals surface area contributed by atoms with Crippen LogP contribution in [0.3, 0.4) is 0 Å². The van der Waals surface area contributed by atoms with Crippen LogP contribution in [0.5, 0.6) is 0 Å². The average molecular weight is 311 g/mol. The maximum Gasteiger partial charge on any atom is 0.313 e. The van der Waals surface area contributed by atoms with Crippen LogP contribution >= 0.6 is 0 Å². The molecule has 1 saturated heterocycles. The summed E-state index contributed by atoms with van der Waals surface area (Å²) in [6, 6.07) is 19.9. The Labute approximate surface area is 136 Å². The molecule has 1 heterocycles. The van der Waals surface area contributed by atoms with Crippen molar-refractivity contribution >= 4 is 5.97 Å². The molecular formula is C19H21NO3. The molecule has 3 atom stereocenters. The summed E-state index contributed by atoms with van der Waals surface area (Å²) in [5.41, 5.74) is 2.20. The maximum absolute atomic E-state index is 12.3. The van der Waals surface area contributed by atoms with Crippen LogP contribution < -0.4 is 0 Å². The zero-order chi connectivity index (χ0) is 16.2. The molecule has 4 heteroatoms. The van der Waals surface area contributed by atoms with Crippen molar-refractivity contribution < 1.29 is 14.4 Å². The van der Waals surface area contributed by atoms with Gasteiger partial charge in [0.1, 0.15) is 5.92 Å². The Kier molecular flexibility index (Phi) is 4.74. The van der Waals surface area contributed by atoms with E-state index in [1.54, 1.807) is 0 Å². The summed E-state index contributed by atoms with van der Waals surface area (Å²) in [5, 5.41) is 1.90. The van der Waals surface area contributed by atoms with Gasteiger partial charge >= 0.3 is 5.97 Å². The van der Waals surface area contributed by atoms with Gasteiger partial charge in [0.2, 0.25) is 0 Å². The molecule has 0 bridgehead atoms. The zero-order valence-electron chi connectivity index (χ0n) is 13.4. The number of hydrogen-bond donors (Lipinski definition) is 0. The van der Waals surface area contributed by atoms with Crippen LogP contribution in [0.2, 0.25) is 0 Å². The van der Waals surface area contributed by atoms with Crippen LogP contribution in [-0.2, 0) is 20.9 Å². The van der Waals surface area contributed by atoms with E-state index in [2.05, 4.69) is 12.1 Å². The molecule has 0 radical (unpaired) electrons. The van der Waals surface area contributed by atoms with Crippen molar-refractivity contribution in [2.45, 2.75) is 25.6 Å². The monoisotopic (exact) mass is 311 g/mol. The topological polar surface area (TPSA) is 38.8 Å². The van der Waals surface area contributed by atoms with Crippen molar-refractivity contribution in [3.8, 4) is 0 Å². The van der Waals surface area contributed by atoms with E-state index in [0.717, 1.165) is 11.1 Å². The van der Waals surface area contributed by atoms with Gasteiger partial charge in [-0.3, -0.25) is 9.63 Å². The molecule has 0 N–H and O–H groups in total. The second-order valence-electron chi connectivity index (χ2n) is 5.78. The molecular weight excluding hydrogens is 290 g/mol. The number of carbonyl (C=O) groups excluding carboxylic acids is 1. The number of hydroxylamine groups is 2. The molecule has 1 aliphatic rings. The van der Waals surface area contributed by atoms with E-state index >= 15 is 0 Å². The lowest BCUT2D eigenvalue weighted by Crippen LogP contribution is -2.30. The summed E-state index contributed by atoms with van der Waals surface area (Å²) in [6.07, 6.45) is -0.226. The van der Waals surface area contributed by atoms with Crippen molar-refractivity contribution in [2.75, 3.05) is 7.11 Å². The summed E-state index contributed by atoms with van der Waals surface area (Å²) in [6.45, 7) is 2.54. The van der Waals surface area contributed by atoms with E-state index in [9.17, 15) is 4.79 Å². The Bertz CT molecular complexity index is 644. The molecule has 2 aromatic carbocycles. The number of esters is 1. The second kappa shape index (κ2) is 6.94. The first kappa shape index (κ1) is 15.7. The van der Waals surface area contributed by atoms with Gasteiger partial charge in [0, 0.05) is 6.54 Å². The molecule has 23 heavy (non-hydrogen) atoms. The summed E-state index contributed by atoms with van der Waals surface area (Å²) in [4.78, 5) is 18.3. The smallest absolute Gasteiger partial charge is 0.313 e. The molecule has 0 aliphatic carbocycles. The number of hydrogen-bond acceptors (Lipinski definition) is 4. The summed E-state index contributed by atoms with van der Waals surface area (Å²) in [7, 11) is 1.43. The molecule has 0 aromatic heterocycles. The SMILES string of the molecule is COC(=O)[C@H]1[C@@H](c2ccccc2)N(Cc2ccccc2)O[C@@H]1C. The Hall–Kier alpha value is -2.17. The Balaban J connectivity index is 1.93. The number of nitrogens with zero attached hydrogens (tertiary/aromatic N) is 1.